The number of aliphatic hydroxyl groups excluding tert-OH is 1. The molecule has 0 bridgehead atoms. The Hall–Kier alpha value is -6.23. The van der Waals surface area contributed by atoms with Crippen molar-refractivity contribution in [2.24, 2.45) is 11.8 Å². The number of ether oxygens (including phenoxy) is 4. The van der Waals surface area contributed by atoms with Crippen molar-refractivity contribution in [1.29, 1.82) is 0 Å². The van der Waals surface area contributed by atoms with E-state index in [-0.39, 0.29) is 124 Å². The Balaban J connectivity index is 0.895. The number of carbonyl (C=O) groups excluding carboxylic acids is 3. The van der Waals surface area contributed by atoms with Gasteiger partial charge in [-0.1, -0.05) is 44.9 Å². The van der Waals surface area contributed by atoms with Crippen molar-refractivity contribution in [3.8, 4) is 5.88 Å². The number of aromatic nitrogens is 1. The highest BCUT2D eigenvalue weighted by molar-refractivity contribution is 7.86. The van der Waals surface area contributed by atoms with E-state index in [1.54, 1.807) is 49.6 Å². The first-order chi connectivity index (χ1) is 44.8. The third-order valence-corrected chi connectivity index (χ3v) is 21.4. The van der Waals surface area contributed by atoms with E-state index < -0.39 is 74.3 Å². The molecular weight excluding hydrogens is 1320 g/mol. The number of fused-ring (bicyclic) bond motifs is 2. The Kier molecular flexibility index (Phi) is 26.4. The fourth-order valence-corrected chi connectivity index (χ4v) is 14.4. The van der Waals surface area contributed by atoms with E-state index in [0.29, 0.717) is 104 Å². The predicted octanol–water partition coefficient (Wildman–Crippen LogP) is 5.72. The largest absolute Gasteiger partial charge is 0.476 e. The summed E-state index contributed by atoms with van der Waals surface area (Å²) in [4.78, 5) is 48.2. The van der Waals surface area contributed by atoms with Crippen molar-refractivity contribution in [3.05, 3.63) is 101 Å². The van der Waals surface area contributed by atoms with E-state index >= 15 is 0 Å². The van der Waals surface area contributed by atoms with Crippen LogP contribution in [0.15, 0.2) is 94.4 Å². The number of carbonyl (C=O) groups is 3. The lowest BCUT2D eigenvalue weighted by molar-refractivity contribution is -0.437. The number of methoxy groups -OCH3 is 1. The number of nitrogens with zero attached hydrogens (tertiary/aromatic N) is 4. The highest BCUT2D eigenvalue weighted by Gasteiger charge is 2.46. The molecule has 3 aromatic rings. The van der Waals surface area contributed by atoms with Crippen molar-refractivity contribution in [1.82, 2.24) is 20.9 Å². The summed E-state index contributed by atoms with van der Waals surface area (Å²) < 4.78 is 160. The normalized spacial score (nSPS) is 19.4. The number of nitrogens with one attached hydrogen (secondary N) is 3. The van der Waals surface area contributed by atoms with Crippen LogP contribution in [-0.4, -0.2) is 199 Å². The van der Waals surface area contributed by atoms with Gasteiger partial charge in [0.05, 0.1) is 65.9 Å². The maximum atomic E-state index is 13.7. The SMILES string of the molecule is CCC(CC)(NC(=O)c1ccc(N2CC(OC)C2)c(OC[C@H]2C[C@@H]2CO)n1)C(=O)NCCOCCOCCNC(=O)CCCCCC1(C)C(=CC=CC=CC2=[N+](CCCS(=O)(=O)O)c3ccc(S(=O)(=O)O)cc3C2(C)C)N(CCCCS(=O)(=O)O)c2ccc(S(=O)(=O)O)cc21. The molecule has 95 heavy (non-hydrogen) atoms. The Morgan fingerprint density at radius 2 is 1.37 bits per heavy atom. The number of allylic oxidation sites excluding steroid dienone is 6. The number of hydrogen-bond donors (Lipinski definition) is 8. The maximum absolute atomic E-state index is 13.7. The molecule has 27 nitrogen and oxygen atoms in total. The van der Waals surface area contributed by atoms with Gasteiger partial charge >= 0.3 is 0 Å². The summed E-state index contributed by atoms with van der Waals surface area (Å²) in [6.07, 6.45) is 13.1. The van der Waals surface area contributed by atoms with Gasteiger partial charge in [0.1, 0.15) is 23.5 Å². The molecular formula is C64H92N7O20S4+. The fourth-order valence-electron chi connectivity index (χ4n) is 12.3. The topological polar surface area (TPSA) is 384 Å². The molecule has 1 aliphatic carbocycles. The molecule has 3 amide bonds. The van der Waals surface area contributed by atoms with Crippen LogP contribution in [0, 0.1) is 11.8 Å². The average molecular weight is 1410 g/mol. The molecule has 3 aliphatic heterocycles. The van der Waals surface area contributed by atoms with Gasteiger partial charge < -0.3 is 49.8 Å². The summed E-state index contributed by atoms with van der Waals surface area (Å²) in [5.41, 5.74) is 1.51. The van der Waals surface area contributed by atoms with Crippen molar-refractivity contribution in [2.75, 3.05) is 107 Å². The fraction of sp³-hybridized carbons (Fsp3) is 0.578. The average Bonchev–Trinajstić information content (AvgIpc) is 1.60. The quantitative estimate of drug-likeness (QED) is 0.0146. The van der Waals surface area contributed by atoms with E-state index in [9.17, 15) is 71.4 Å². The molecule has 4 heterocycles. The Bertz CT molecular complexity index is 3830. The van der Waals surface area contributed by atoms with Crippen LogP contribution in [-0.2, 0) is 75.1 Å². The minimum atomic E-state index is -4.66. The minimum Gasteiger partial charge on any atom is -0.476 e. The molecule has 0 radical (unpaired) electrons. The van der Waals surface area contributed by atoms with Gasteiger partial charge in [0.15, 0.2) is 5.71 Å². The van der Waals surface area contributed by atoms with Crippen molar-refractivity contribution in [2.45, 2.75) is 138 Å². The second-order valence-electron chi connectivity index (χ2n) is 25.0. The van der Waals surface area contributed by atoms with Crippen LogP contribution in [0.4, 0.5) is 17.1 Å². The second kappa shape index (κ2) is 32.9. The lowest BCUT2D eigenvalue weighted by atomic mass is 9.77. The Morgan fingerprint density at radius 3 is 1.99 bits per heavy atom. The highest BCUT2D eigenvalue weighted by atomic mass is 32.2. The Morgan fingerprint density at radius 1 is 0.737 bits per heavy atom. The summed E-state index contributed by atoms with van der Waals surface area (Å²) in [7, 11) is -16.1. The van der Waals surface area contributed by atoms with E-state index in [2.05, 4.69) is 25.8 Å². The van der Waals surface area contributed by atoms with Gasteiger partial charge in [-0.15, -0.1) is 0 Å². The lowest BCUT2D eigenvalue weighted by Crippen LogP contribution is -2.58. The number of rotatable bonds is 40. The van der Waals surface area contributed by atoms with Crippen molar-refractivity contribution >= 4 is 81.0 Å². The number of anilines is 2. The van der Waals surface area contributed by atoms with Crippen LogP contribution in [0.25, 0.3) is 0 Å². The van der Waals surface area contributed by atoms with E-state index in [0.717, 1.165) is 12.1 Å². The van der Waals surface area contributed by atoms with Gasteiger partial charge in [-0.2, -0.15) is 38.2 Å². The van der Waals surface area contributed by atoms with Gasteiger partial charge in [-0.25, -0.2) is 4.98 Å². The minimum absolute atomic E-state index is 0.0226. The lowest BCUT2D eigenvalue weighted by Gasteiger charge is -2.40. The molecule has 3 atom stereocenters. The number of pyridine rings is 1. The highest BCUT2D eigenvalue weighted by Crippen LogP contribution is 2.52. The first-order valence-electron chi connectivity index (χ1n) is 32.0. The van der Waals surface area contributed by atoms with Crippen LogP contribution in [0.2, 0.25) is 0 Å². The first-order valence-corrected chi connectivity index (χ1v) is 38.1. The van der Waals surface area contributed by atoms with Gasteiger partial charge in [0, 0.05) is 93.8 Å². The van der Waals surface area contributed by atoms with Gasteiger partial charge in [-0.3, -0.25) is 32.6 Å². The molecule has 8 N–H and O–H groups in total. The van der Waals surface area contributed by atoms with E-state index in [1.807, 2.05) is 50.2 Å². The molecule has 1 aromatic heterocycles. The number of unbranched alkanes of at least 4 members (excludes halogenated alkanes) is 3. The summed E-state index contributed by atoms with van der Waals surface area (Å²) in [5, 5.41) is 18.2. The number of hydrogen-bond acceptors (Lipinski definition) is 19. The second-order valence-corrected chi connectivity index (χ2v) is 31.0. The zero-order valence-electron chi connectivity index (χ0n) is 54.7. The summed E-state index contributed by atoms with van der Waals surface area (Å²) >= 11 is 0. The van der Waals surface area contributed by atoms with Crippen LogP contribution >= 0.6 is 0 Å². The van der Waals surface area contributed by atoms with Gasteiger partial charge in [0.25, 0.3) is 46.4 Å². The number of aliphatic hydroxyl groups is 1. The summed E-state index contributed by atoms with van der Waals surface area (Å²) in [5.74, 6) is -1.39. The van der Waals surface area contributed by atoms with Crippen LogP contribution in [0.5, 0.6) is 5.88 Å². The van der Waals surface area contributed by atoms with Crippen molar-refractivity contribution in [3.63, 3.8) is 0 Å². The monoisotopic (exact) mass is 1410 g/mol. The van der Waals surface area contributed by atoms with E-state index in [1.165, 1.54) is 30.3 Å². The summed E-state index contributed by atoms with van der Waals surface area (Å²) in [6, 6.07) is 11.8. The van der Waals surface area contributed by atoms with Crippen LogP contribution in [0.3, 0.4) is 0 Å². The summed E-state index contributed by atoms with van der Waals surface area (Å²) in [6.45, 7) is 12.6. The van der Waals surface area contributed by atoms with E-state index in [4.69, 9.17) is 18.9 Å². The van der Waals surface area contributed by atoms with Gasteiger partial charge in [-0.05, 0) is 132 Å². The molecule has 526 valence electrons. The van der Waals surface area contributed by atoms with Crippen LogP contribution < -0.4 is 30.5 Å². The number of amides is 3. The zero-order valence-corrected chi connectivity index (χ0v) is 58.0. The predicted molar refractivity (Wildman–Crippen MR) is 356 cm³/mol. The molecule has 2 aromatic carbocycles. The first kappa shape index (κ1) is 76.1. The standard InChI is InChI=1S/C64H91N7O20S4/c1-7-64(8-2,68-59(74)52-23-26-55(69-41-47(42-69)88-6)60(67-52)91-44-46-38-45(46)43-72)61(75)66-29-33-90-35-34-89-32-28-65-58(73)20-13-10-14-27-63(5)51-40-49(95(85,86)87)22-25-54(51)71(30-15-16-36-92(76,77)78)57(63)19-12-9-11-18-56-62(3,4)50-39-48(94(82,83)84)21-24-53(50)70(56)31-17-37-93(79,80)81/h9,11-12,18-19,21-26,39-40,45-47,72H,7-8,10,13-17,20,27-38,41-44H2,1-6H3,(H6-,65,66,68,73,74,75,76,77,78,79,80,81,82,83,84,85,86,87)/p+1/t45-,46-,63?/m1/s1. The van der Waals surface area contributed by atoms with Gasteiger partial charge in [0.2, 0.25) is 23.4 Å². The third-order valence-electron chi connectivity index (χ3n) is 18.1. The molecule has 1 saturated heterocycles. The van der Waals surface area contributed by atoms with Crippen molar-refractivity contribution < 1.29 is 94.9 Å². The molecule has 4 aliphatic rings. The number of benzene rings is 2. The van der Waals surface area contributed by atoms with Crippen LogP contribution in [0.1, 0.15) is 127 Å². The third kappa shape index (κ3) is 20.4. The molecule has 2 fully saturated rings. The molecule has 1 unspecified atom stereocenters. The molecule has 0 spiro atoms. The Labute approximate surface area is 557 Å². The molecule has 31 heteroatoms. The molecule has 1 saturated carbocycles. The smallest absolute Gasteiger partial charge is 0.294 e. The zero-order chi connectivity index (χ0) is 69.6. The molecule has 7 rings (SSSR count). The maximum Gasteiger partial charge on any atom is 0.294 e.